The highest BCUT2D eigenvalue weighted by Gasteiger charge is 2.20. The van der Waals surface area contributed by atoms with Gasteiger partial charge in [-0.2, -0.15) is 22.5 Å². The monoisotopic (exact) mass is 288 g/mol. The summed E-state index contributed by atoms with van der Waals surface area (Å²) in [5.74, 6) is -6.51. The molecule has 0 amide bonds. The molecule has 7 heteroatoms. The molecule has 19 heavy (non-hydrogen) atoms. The van der Waals surface area contributed by atoms with Crippen LogP contribution in [0.4, 0.5) is 28.9 Å². The predicted octanol–water partition coefficient (Wildman–Crippen LogP) is 4.10. The van der Waals surface area contributed by atoms with Crippen LogP contribution < -0.4 is 5.32 Å². The normalized spacial score (nSPS) is 10.6. The van der Waals surface area contributed by atoms with Crippen LogP contribution >= 0.6 is 11.8 Å². The van der Waals surface area contributed by atoms with E-state index >= 15 is 0 Å². The molecule has 0 bridgehead atoms. The fourth-order valence-corrected chi connectivity index (χ4v) is 1.82. The molecule has 0 atom stereocenters. The van der Waals surface area contributed by atoms with Crippen LogP contribution in [0, 0.1) is 23.5 Å². The molecular formula is C12H8F4N2S. The van der Waals surface area contributed by atoms with E-state index in [0.717, 1.165) is 4.90 Å². The van der Waals surface area contributed by atoms with E-state index in [-0.39, 0.29) is 0 Å². The van der Waals surface area contributed by atoms with Gasteiger partial charge in [-0.3, -0.25) is 0 Å². The van der Waals surface area contributed by atoms with E-state index in [1.807, 2.05) is 6.26 Å². The Kier molecular flexibility index (Phi) is 3.94. The van der Waals surface area contributed by atoms with Crippen LogP contribution in [-0.4, -0.2) is 11.2 Å². The lowest BCUT2D eigenvalue weighted by Gasteiger charge is -2.09. The van der Waals surface area contributed by atoms with Gasteiger partial charge in [-0.15, -0.1) is 11.8 Å². The third kappa shape index (κ3) is 2.81. The van der Waals surface area contributed by atoms with E-state index in [0.29, 0.717) is 5.69 Å². The SMILES string of the molecule is CSc1ccc(Nc2c(F)c(F)nc(F)c2F)cc1. The minimum Gasteiger partial charge on any atom is -0.350 e. The lowest BCUT2D eigenvalue weighted by molar-refractivity contribution is 0.411. The summed E-state index contributed by atoms with van der Waals surface area (Å²) in [4.78, 5) is 3.42. The van der Waals surface area contributed by atoms with Crippen LogP contribution in [0.1, 0.15) is 0 Å². The Labute approximate surface area is 110 Å². The van der Waals surface area contributed by atoms with Gasteiger partial charge in [0.1, 0.15) is 5.69 Å². The Morgan fingerprint density at radius 1 is 0.947 bits per heavy atom. The molecule has 1 N–H and O–H groups in total. The van der Waals surface area contributed by atoms with Gasteiger partial charge in [0.05, 0.1) is 0 Å². The number of anilines is 2. The maximum absolute atomic E-state index is 13.4. The minimum absolute atomic E-state index is 0.306. The summed E-state index contributed by atoms with van der Waals surface area (Å²) in [5, 5.41) is 2.29. The van der Waals surface area contributed by atoms with E-state index in [1.165, 1.54) is 11.8 Å². The summed E-state index contributed by atoms with van der Waals surface area (Å²) < 4.78 is 52.5. The first-order valence-corrected chi connectivity index (χ1v) is 6.36. The molecule has 100 valence electrons. The highest BCUT2D eigenvalue weighted by atomic mass is 32.2. The molecule has 2 nitrogen and oxygen atoms in total. The van der Waals surface area contributed by atoms with Crippen molar-refractivity contribution < 1.29 is 17.6 Å². The van der Waals surface area contributed by atoms with Gasteiger partial charge in [-0.25, -0.2) is 0 Å². The highest BCUT2D eigenvalue weighted by Crippen LogP contribution is 2.26. The van der Waals surface area contributed by atoms with E-state index in [1.54, 1.807) is 24.3 Å². The highest BCUT2D eigenvalue weighted by molar-refractivity contribution is 7.98. The summed E-state index contributed by atoms with van der Waals surface area (Å²) in [6.07, 6.45) is 1.87. The van der Waals surface area contributed by atoms with E-state index in [2.05, 4.69) is 10.3 Å². The molecule has 2 rings (SSSR count). The number of nitrogens with zero attached hydrogens (tertiary/aromatic N) is 1. The molecule has 1 aromatic carbocycles. The molecule has 0 aliphatic carbocycles. The molecule has 2 aromatic rings. The average Bonchev–Trinajstić information content (AvgIpc) is 2.42. The van der Waals surface area contributed by atoms with Crippen molar-refractivity contribution >= 4 is 23.1 Å². The maximum Gasteiger partial charge on any atom is 0.253 e. The quantitative estimate of drug-likeness (QED) is 0.523. The van der Waals surface area contributed by atoms with Crippen molar-refractivity contribution in [3.8, 4) is 0 Å². The van der Waals surface area contributed by atoms with Crippen molar-refractivity contribution in [2.45, 2.75) is 4.90 Å². The number of pyridine rings is 1. The summed E-state index contributed by atoms with van der Waals surface area (Å²) >= 11 is 1.49. The van der Waals surface area contributed by atoms with Gasteiger partial charge in [-0.05, 0) is 30.5 Å². The van der Waals surface area contributed by atoms with Gasteiger partial charge in [0.2, 0.25) is 11.6 Å². The van der Waals surface area contributed by atoms with Crippen molar-refractivity contribution in [1.29, 1.82) is 0 Å². The van der Waals surface area contributed by atoms with Gasteiger partial charge in [0, 0.05) is 10.6 Å². The van der Waals surface area contributed by atoms with Crippen molar-refractivity contribution in [1.82, 2.24) is 4.98 Å². The standard InChI is InChI=1S/C12H8F4N2S/c1-19-7-4-2-6(3-5-7)17-10-8(13)11(15)18-12(16)9(10)14/h2-5H,1H3,(H,17,18). The molecule has 0 spiro atoms. The lowest BCUT2D eigenvalue weighted by Crippen LogP contribution is -2.05. The zero-order chi connectivity index (χ0) is 14.0. The number of aromatic nitrogens is 1. The second kappa shape index (κ2) is 5.48. The van der Waals surface area contributed by atoms with E-state index in [4.69, 9.17) is 0 Å². The first-order valence-electron chi connectivity index (χ1n) is 5.14. The van der Waals surface area contributed by atoms with Gasteiger partial charge >= 0.3 is 0 Å². The Hall–Kier alpha value is -1.76. The van der Waals surface area contributed by atoms with Crippen molar-refractivity contribution in [3.63, 3.8) is 0 Å². The molecule has 1 heterocycles. The number of hydrogen-bond donors (Lipinski definition) is 1. The summed E-state index contributed by atoms with van der Waals surface area (Å²) in [5.41, 5.74) is -0.595. The van der Waals surface area contributed by atoms with E-state index < -0.39 is 29.2 Å². The van der Waals surface area contributed by atoms with Crippen LogP contribution in [0.5, 0.6) is 0 Å². The van der Waals surface area contributed by atoms with Crippen LogP contribution in [0.25, 0.3) is 0 Å². The summed E-state index contributed by atoms with van der Waals surface area (Å²) in [6.45, 7) is 0. The van der Waals surface area contributed by atoms with Gasteiger partial charge in [0.15, 0.2) is 0 Å². The number of rotatable bonds is 3. The van der Waals surface area contributed by atoms with Crippen molar-refractivity contribution in [2.75, 3.05) is 11.6 Å². The molecule has 0 radical (unpaired) electrons. The third-order valence-corrected chi connectivity index (χ3v) is 3.10. The number of benzene rings is 1. The molecule has 0 fully saturated rings. The van der Waals surface area contributed by atoms with Gasteiger partial charge < -0.3 is 5.32 Å². The first kappa shape index (κ1) is 13.7. The fourth-order valence-electron chi connectivity index (χ4n) is 1.42. The summed E-state index contributed by atoms with van der Waals surface area (Å²) in [7, 11) is 0. The second-order valence-corrected chi connectivity index (χ2v) is 4.43. The Balaban J connectivity index is 2.37. The average molecular weight is 288 g/mol. The fraction of sp³-hybridized carbons (Fsp3) is 0.0833. The Bertz CT molecular complexity index is 575. The van der Waals surface area contributed by atoms with Crippen LogP contribution in [-0.2, 0) is 0 Å². The molecular weight excluding hydrogens is 280 g/mol. The number of hydrogen-bond acceptors (Lipinski definition) is 3. The molecule has 1 aromatic heterocycles. The van der Waals surface area contributed by atoms with Crippen LogP contribution in [0.3, 0.4) is 0 Å². The van der Waals surface area contributed by atoms with Gasteiger partial charge in [-0.1, -0.05) is 0 Å². The molecule has 0 unspecified atom stereocenters. The van der Waals surface area contributed by atoms with Crippen molar-refractivity contribution in [2.24, 2.45) is 0 Å². The minimum atomic E-state index is -1.69. The Morgan fingerprint density at radius 2 is 1.47 bits per heavy atom. The molecule has 0 saturated carbocycles. The third-order valence-electron chi connectivity index (χ3n) is 2.36. The largest absolute Gasteiger partial charge is 0.350 e. The maximum atomic E-state index is 13.4. The van der Waals surface area contributed by atoms with Gasteiger partial charge in [0.25, 0.3) is 11.9 Å². The van der Waals surface area contributed by atoms with Crippen LogP contribution in [0.15, 0.2) is 29.2 Å². The van der Waals surface area contributed by atoms with Crippen molar-refractivity contribution in [3.05, 3.63) is 47.8 Å². The molecule has 0 aliphatic rings. The Morgan fingerprint density at radius 3 is 1.95 bits per heavy atom. The molecule has 0 saturated heterocycles. The smallest absolute Gasteiger partial charge is 0.253 e. The predicted molar refractivity (Wildman–Crippen MR) is 65.6 cm³/mol. The summed E-state index contributed by atoms with van der Waals surface area (Å²) in [6, 6.07) is 6.50. The first-order chi connectivity index (χ1) is 9.02. The topological polar surface area (TPSA) is 24.9 Å². The van der Waals surface area contributed by atoms with E-state index in [9.17, 15) is 17.6 Å². The zero-order valence-electron chi connectivity index (χ0n) is 9.68. The lowest BCUT2D eigenvalue weighted by atomic mass is 10.3. The second-order valence-electron chi connectivity index (χ2n) is 3.55. The van der Waals surface area contributed by atoms with Crippen LogP contribution in [0.2, 0.25) is 0 Å². The number of nitrogens with one attached hydrogen (secondary N) is 1. The molecule has 0 aliphatic heterocycles. The zero-order valence-corrected chi connectivity index (χ0v) is 10.5. The number of halogens is 4. The number of thioether (sulfide) groups is 1.